The van der Waals surface area contributed by atoms with E-state index in [0.29, 0.717) is 0 Å². The van der Waals surface area contributed by atoms with E-state index in [1.165, 1.54) is 77.1 Å². The molecule has 0 N–H and O–H groups in total. The molecule has 2 nitrogen and oxygen atoms in total. The fourth-order valence-corrected chi connectivity index (χ4v) is 8.87. The molecular formula is C58H40N2. The molecule has 11 rings (SSSR count). The van der Waals surface area contributed by atoms with Gasteiger partial charge in [-0.15, -0.1) is 0 Å². The first kappa shape index (κ1) is 35.2. The third kappa shape index (κ3) is 6.32. The highest BCUT2D eigenvalue weighted by Gasteiger charge is 2.20. The molecule has 60 heavy (non-hydrogen) atoms. The van der Waals surface area contributed by atoms with Crippen molar-refractivity contribution in [3.8, 4) is 50.2 Å². The maximum absolute atomic E-state index is 2.43. The van der Waals surface area contributed by atoms with Crippen LogP contribution in [0, 0.1) is 0 Å². The molecule has 282 valence electrons. The van der Waals surface area contributed by atoms with Crippen molar-refractivity contribution in [2.45, 2.75) is 0 Å². The number of hydrogen-bond acceptors (Lipinski definition) is 1. The zero-order valence-corrected chi connectivity index (χ0v) is 33.0. The summed E-state index contributed by atoms with van der Waals surface area (Å²) >= 11 is 0. The Hall–Kier alpha value is -7.94. The second kappa shape index (κ2) is 15.1. The van der Waals surface area contributed by atoms with Crippen LogP contribution in [0.25, 0.3) is 82.8 Å². The highest BCUT2D eigenvalue weighted by atomic mass is 15.1. The average Bonchev–Trinajstić information content (AvgIpc) is 3.67. The van der Waals surface area contributed by atoms with Gasteiger partial charge in [0.25, 0.3) is 0 Å². The third-order valence-corrected chi connectivity index (χ3v) is 11.8. The monoisotopic (exact) mass is 764 g/mol. The van der Waals surface area contributed by atoms with Gasteiger partial charge in [-0.25, -0.2) is 0 Å². The van der Waals surface area contributed by atoms with E-state index in [0.717, 1.165) is 22.7 Å². The summed E-state index contributed by atoms with van der Waals surface area (Å²) < 4.78 is 2.43. The summed E-state index contributed by atoms with van der Waals surface area (Å²) in [5, 5.41) is 4.88. The zero-order valence-electron chi connectivity index (χ0n) is 33.0. The molecule has 1 heterocycles. The van der Waals surface area contributed by atoms with Crippen LogP contribution in [-0.2, 0) is 0 Å². The van der Waals surface area contributed by atoms with Crippen molar-refractivity contribution in [1.82, 2.24) is 4.57 Å². The Morgan fingerprint density at radius 1 is 0.250 bits per heavy atom. The first-order valence-electron chi connectivity index (χ1n) is 20.6. The molecule has 2 heteroatoms. The molecule has 0 bridgehead atoms. The van der Waals surface area contributed by atoms with Gasteiger partial charge in [0.2, 0.25) is 0 Å². The second-order valence-corrected chi connectivity index (χ2v) is 15.3. The van der Waals surface area contributed by atoms with E-state index in [2.05, 4.69) is 252 Å². The summed E-state index contributed by atoms with van der Waals surface area (Å²) in [6.45, 7) is 0. The minimum Gasteiger partial charge on any atom is -0.310 e. The van der Waals surface area contributed by atoms with Gasteiger partial charge >= 0.3 is 0 Å². The van der Waals surface area contributed by atoms with E-state index in [-0.39, 0.29) is 0 Å². The van der Waals surface area contributed by atoms with Crippen molar-refractivity contribution in [2.24, 2.45) is 0 Å². The number of aromatic nitrogens is 1. The molecule has 0 atom stereocenters. The lowest BCUT2D eigenvalue weighted by Gasteiger charge is -2.28. The maximum atomic E-state index is 2.43. The lowest BCUT2D eigenvalue weighted by Crippen LogP contribution is -2.11. The van der Waals surface area contributed by atoms with Crippen molar-refractivity contribution in [3.05, 3.63) is 243 Å². The molecule has 10 aromatic carbocycles. The number of rotatable bonds is 8. The standard InChI is InChI=1S/C58H40N2/c1-3-14-41(15-4-1)43-26-28-44(29-27-43)45-30-34-49(35-31-45)59(50-36-32-46(33-37-50)48-19-13-18-47(40-48)42-16-5-2-6-17-42)57-38-39-58(54-21-8-7-20-53(54)57)60-55-24-11-9-22-51(55)52-23-10-12-25-56(52)60/h1-40H. The molecule has 1 aromatic heterocycles. The van der Waals surface area contributed by atoms with E-state index in [1.807, 2.05) is 0 Å². The van der Waals surface area contributed by atoms with Gasteiger partial charge in [-0.05, 0) is 99.1 Å². The summed E-state index contributed by atoms with van der Waals surface area (Å²) in [5.74, 6) is 0. The van der Waals surface area contributed by atoms with Crippen LogP contribution in [0.5, 0.6) is 0 Å². The van der Waals surface area contributed by atoms with Crippen molar-refractivity contribution in [2.75, 3.05) is 4.90 Å². The Labute approximate surface area is 350 Å². The predicted molar refractivity (Wildman–Crippen MR) is 255 cm³/mol. The van der Waals surface area contributed by atoms with Crippen LogP contribution in [-0.4, -0.2) is 4.57 Å². The summed E-state index contributed by atoms with van der Waals surface area (Å²) in [4.78, 5) is 2.41. The predicted octanol–water partition coefficient (Wildman–Crippen LogP) is 16.1. The molecule has 0 saturated carbocycles. The van der Waals surface area contributed by atoms with Gasteiger partial charge in [-0.3, -0.25) is 0 Å². The third-order valence-electron chi connectivity index (χ3n) is 11.8. The van der Waals surface area contributed by atoms with Gasteiger partial charge in [0.05, 0.1) is 22.4 Å². The van der Waals surface area contributed by atoms with Crippen LogP contribution in [0.3, 0.4) is 0 Å². The summed E-state index contributed by atoms with van der Waals surface area (Å²) in [5.41, 5.74) is 16.5. The smallest absolute Gasteiger partial charge is 0.0542 e. The number of para-hydroxylation sites is 2. The lowest BCUT2D eigenvalue weighted by atomic mass is 9.98. The molecule has 0 aliphatic heterocycles. The van der Waals surface area contributed by atoms with E-state index in [9.17, 15) is 0 Å². The Morgan fingerprint density at radius 2 is 0.617 bits per heavy atom. The Balaban J connectivity index is 1.03. The number of nitrogens with zero attached hydrogens (tertiary/aromatic N) is 2. The van der Waals surface area contributed by atoms with Crippen molar-refractivity contribution < 1.29 is 0 Å². The Kier molecular flexibility index (Phi) is 8.87. The van der Waals surface area contributed by atoms with Gasteiger partial charge in [0, 0.05) is 32.9 Å². The number of anilines is 3. The van der Waals surface area contributed by atoms with E-state index in [1.54, 1.807) is 0 Å². The first-order valence-corrected chi connectivity index (χ1v) is 20.6. The average molecular weight is 765 g/mol. The van der Waals surface area contributed by atoms with E-state index >= 15 is 0 Å². The number of hydrogen-bond donors (Lipinski definition) is 0. The topological polar surface area (TPSA) is 8.17 Å². The summed E-state index contributed by atoms with van der Waals surface area (Å²) in [6, 6.07) is 87.8. The molecule has 0 aliphatic rings. The first-order chi connectivity index (χ1) is 29.8. The van der Waals surface area contributed by atoms with Gasteiger partial charge in [-0.1, -0.05) is 188 Å². The van der Waals surface area contributed by atoms with Crippen LogP contribution >= 0.6 is 0 Å². The fourth-order valence-electron chi connectivity index (χ4n) is 8.87. The maximum Gasteiger partial charge on any atom is 0.0542 e. The highest BCUT2D eigenvalue weighted by Crippen LogP contribution is 2.43. The van der Waals surface area contributed by atoms with E-state index in [4.69, 9.17) is 0 Å². The second-order valence-electron chi connectivity index (χ2n) is 15.3. The molecule has 0 spiro atoms. The van der Waals surface area contributed by atoms with Crippen LogP contribution in [0.15, 0.2) is 243 Å². The SMILES string of the molecule is c1ccc(-c2ccc(-c3ccc(N(c4ccc(-c5cccc(-c6ccccc6)c5)cc4)c4ccc(-n5c6ccccc6c6ccccc65)c5ccccc45)cc3)cc2)cc1. The van der Waals surface area contributed by atoms with Crippen LogP contribution in [0.4, 0.5) is 17.1 Å². The summed E-state index contributed by atoms with van der Waals surface area (Å²) in [6.07, 6.45) is 0. The zero-order chi connectivity index (χ0) is 39.8. The van der Waals surface area contributed by atoms with E-state index < -0.39 is 0 Å². The molecule has 11 aromatic rings. The van der Waals surface area contributed by atoms with Gasteiger partial charge in [0.1, 0.15) is 0 Å². The minimum absolute atomic E-state index is 1.09. The molecule has 0 fully saturated rings. The molecular weight excluding hydrogens is 725 g/mol. The normalized spacial score (nSPS) is 11.3. The van der Waals surface area contributed by atoms with Gasteiger partial charge in [0.15, 0.2) is 0 Å². The van der Waals surface area contributed by atoms with Crippen LogP contribution < -0.4 is 4.90 Å². The van der Waals surface area contributed by atoms with Crippen LogP contribution in [0.2, 0.25) is 0 Å². The minimum atomic E-state index is 1.09. The largest absolute Gasteiger partial charge is 0.310 e. The molecule has 0 unspecified atom stereocenters. The highest BCUT2D eigenvalue weighted by molar-refractivity contribution is 6.12. The molecule has 0 aliphatic carbocycles. The summed E-state index contributed by atoms with van der Waals surface area (Å²) in [7, 11) is 0. The quantitative estimate of drug-likeness (QED) is 0.150. The number of benzene rings is 10. The number of fused-ring (bicyclic) bond motifs is 4. The molecule has 0 saturated heterocycles. The van der Waals surface area contributed by atoms with Crippen molar-refractivity contribution >= 4 is 49.6 Å². The van der Waals surface area contributed by atoms with Crippen LogP contribution in [0.1, 0.15) is 0 Å². The Bertz CT molecular complexity index is 3220. The molecule has 0 radical (unpaired) electrons. The van der Waals surface area contributed by atoms with Gasteiger partial charge in [-0.2, -0.15) is 0 Å². The Morgan fingerprint density at radius 3 is 1.13 bits per heavy atom. The lowest BCUT2D eigenvalue weighted by molar-refractivity contribution is 1.19. The molecule has 0 amide bonds. The van der Waals surface area contributed by atoms with Crippen molar-refractivity contribution in [3.63, 3.8) is 0 Å². The fraction of sp³-hybridized carbons (Fsp3) is 0. The van der Waals surface area contributed by atoms with Crippen molar-refractivity contribution in [1.29, 1.82) is 0 Å². The van der Waals surface area contributed by atoms with Gasteiger partial charge < -0.3 is 9.47 Å².